The average Bonchev–Trinajstić information content (AvgIpc) is 2.73. The first-order chi connectivity index (χ1) is 14.4. The van der Waals surface area contributed by atoms with Gasteiger partial charge in [0.1, 0.15) is 17.3 Å². The fraction of sp³-hybridized carbons (Fsp3) is 0.318. The largest absolute Gasteiger partial charge is 0.484 e. The normalized spacial score (nSPS) is 10.4. The van der Waals surface area contributed by atoms with Gasteiger partial charge in [-0.25, -0.2) is 4.39 Å². The van der Waals surface area contributed by atoms with Crippen LogP contribution in [0.15, 0.2) is 48.8 Å². The summed E-state index contributed by atoms with van der Waals surface area (Å²) in [6.45, 7) is 5.91. The van der Waals surface area contributed by atoms with E-state index in [2.05, 4.69) is 29.1 Å². The number of halogens is 2. The Kier molecular flexibility index (Phi) is 9.28. The van der Waals surface area contributed by atoms with Crippen LogP contribution in [0.5, 0.6) is 5.75 Å². The minimum absolute atomic E-state index is 0.0185. The Bertz CT molecular complexity index is 888. The third-order valence-corrected chi connectivity index (χ3v) is 4.48. The molecule has 2 amide bonds. The number of carbonyl (C=O) groups excluding carboxylic acids is 2. The van der Waals surface area contributed by atoms with Gasteiger partial charge < -0.3 is 15.4 Å². The minimum Gasteiger partial charge on any atom is -0.484 e. The number of carbonyl (C=O) groups is 2. The molecule has 0 radical (unpaired) electrons. The van der Waals surface area contributed by atoms with Gasteiger partial charge in [0.25, 0.3) is 11.8 Å². The molecular formula is C22H25ClFN3O3. The third kappa shape index (κ3) is 7.83. The van der Waals surface area contributed by atoms with E-state index in [1.54, 1.807) is 12.3 Å². The van der Waals surface area contributed by atoms with Crippen LogP contribution in [0.4, 0.5) is 4.39 Å². The Labute approximate surface area is 180 Å². The maximum Gasteiger partial charge on any atom is 0.273 e. The number of hydrogen-bond donors (Lipinski definition) is 2. The summed E-state index contributed by atoms with van der Waals surface area (Å²) in [6, 6.07) is 7.52. The predicted molar refractivity (Wildman–Crippen MR) is 114 cm³/mol. The molecule has 160 valence electrons. The quantitative estimate of drug-likeness (QED) is 0.560. The van der Waals surface area contributed by atoms with Crippen molar-refractivity contribution in [3.8, 4) is 5.75 Å². The van der Waals surface area contributed by atoms with E-state index in [-0.39, 0.29) is 35.7 Å². The summed E-state index contributed by atoms with van der Waals surface area (Å²) in [4.78, 5) is 28.2. The number of benzene rings is 1. The second-order valence-electron chi connectivity index (χ2n) is 6.68. The van der Waals surface area contributed by atoms with Crippen LogP contribution in [0.2, 0.25) is 5.02 Å². The lowest BCUT2D eigenvalue weighted by Crippen LogP contribution is -2.31. The van der Waals surface area contributed by atoms with Gasteiger partial charge >= 0.3 is 0 Å². The molecule has 1 aromatic carbocycles. The first-order valence-corrected chi connectivity index (χ1v) is 10.1. The molecule has 0 spiro atoms. The lowest BCUT2D eigenvalue weighted by Gasteiger charge is -2.10. The molecular weight excluding hydrogens is 409 g/mol. The Balaban J connectivity index is 1.67. The number of pyridine rings is 1. The lowest BCUT2D eigenvalue weighted by molar-refractivity contribution is -0.123. The first kappa shape index (κ1) is 23.3. The average molecular weight is 434 g/mol. The van der Waals surface area contributed by atoms with E-state index < -0.39 is 5.82 Å². The number of aryl methyl sites for hydroxylation is 1. The standard InChI is InChI=1S/C22H25ClFN3O3/c1-3-4-5-16-6-9-20(26-13-16)22(29)27-15(2)10-11-25-21(28)14-30-17-7-8-18(23)19(24)12-17/h6-9,12-13H,2-5,10-11,14H2,1H3,(H,25,28)(H,27,29). The second-order valence-corrected chi connectivity index (χ2v) is 7.08. The van der Waals surface area contributed by atoms with Crippen molar-refractivity contribution in [2.45, 2.75) is 32.6 Å². The monoisotopic (exact) mass is 433 g/mol. The van der Waals surface area contributed by atoms with Crippen LogP contribution in [0.25, 0.3) is 0 Å². The first-order valence-electron chi connectivity index (χ1n) is 9.67. The van der Waals surface area contributed by atoms with E-state index in [1.165, 1.54) is 12.1 Å². The van der Waals surface area contributed by atoms with Gasteiger partial charge in [-0.1, -0.05) is 37.6 Å². The molecule has 2 rings (SSSR count). The van der Waals surface area contributed by atoms with Crippen molar-refractivity contribution in [1.29, 1.82) is 0 Å². The molecule has 0 aliphatic carbocycles. The highest BCUT2D eigenvalue weighted by molar-refractivity contribution is 6.30. The van der Waals surface area contributed by atoms with Crippen molar-refractivity contribution >= 4 is 23.4 Å². The highest BCUT2D eigenvalue weighted by atomic mass is 35.5. The molecule has 1 aromatic heterocycles. The van der Waals surface area contributed by atoms with Crippen LogP contribution in [0.3, 0.4) is 0 Å². The van der Waals surface area contributed by atoms with Gasteiger partial charge in [-0.15, -0.1) is 0 Å². The molecule has 2 N–H and O–H groups in total. The molecule has 1 heterocycles. The van der Waals surface area contributed by atoms with Gasteiger partial charge in [0.15, 0.2) is 6.61 Å². The number of nitrogens with one attached hydrogen (secondary N) is 2. The van der Waals surface area contributed by atoms with Crippen LogP contribution in [0, 0.1) is 5.82 Å². The van der Waals surface area contributed by atoms with E-state index in [1.807, 2.05) is 6.07 Å². The number of nitrogens with zero attached hydrogens (tertiary/aromatic N) is 1. The van der Waals surface area contributed by atoms with Crippen LogP contribution in [-0.4, -0.2) is 29.9 Å². The summed E-state index contributed by atoms with van der Waals surface area (Å²) in [5, 5.41) is 5.29. The lowest BCUT2D eigenvalue weighted by atomic mass is 10.1. The number of hydrogen-bond acceptors (Lipinski definition) is 4. The van der Waals surface area contributed by atoms with Crippen molar-refractivity contribution in [2.24, 2.45) is 0 Å². The molecule has 6 nitrogen and oxygen atoms in total. The van der Waals surface area contributed by atoms with E-state index in [4.69, 9.17) is 16.3 Å². The molecule has 0 bridgehead atoms. The van der Waals surface area contributed by atoms with Crippen molar-refractivity contribution < 1.29 is 18.7 Å². The Morgan fingerprint density at radius 3 is 2.73 bits per heavy atom. The summed E-state index contributed by atoms with van der Waals surface area (Å²) in [6.07, 6.45) is 5.18. The summed E-state index contributed by atoms with van der Waals surface area (Å²) < 4.78 is 18.5. The predicted octanol–water partition coefficient (Wildman–Crippen LogP) is 4.05. The minimum atomic E-state index is -0.619. The van der Waals surface area contributed by atoms with Crippen molar-refractivity contribution in [3.63, 3.8) is 0 Å². The zero-order valence-electron chi connectivity index (χ0n) is 16.8. The van der Waals surface area contributed by atoms with E-state index >= 15 is 0 Å². The summed E-state index contributed by atoms with van der Waals surface area (Å²) in [7, 11) is 0. The molecule has 0 aliphatic rings. The number of amides is 2. The van der Waals surface area contributed by atoms with Crippen LogP contribution < -0.4 is 15.4 Å². The van der Waals surface area contributed by atoms with E-state index in [0.29, 0.717) is 17.8 Å². The SMILES string of the molecule is C=C(CCNC(=O)COc1ccc(Cl)c(F)c1)NC(=O)c1ccc(CCCC)cn1. The summed E-state index contributed by atoms with van der Waals surface area (Å²) >= 11 is 5.59. The van der Waals surface area contributed by atoms with Gasteiger partial charge in [-0.2, -0.15) is 0 Å². The molecule has 30 heavy (non-hydrogen) atoms. The molecule has 0 saturated heterocycles. The van der Waals surface area contributed by atoms with E-state index in [9.17, 15) is 14.0 Å². The highest BCUT2D eigenvalue weighted by Gasteiger charge is 2.09. The van der Waals surface area contributed by atoms with Gasteiger partial charge in [0.2, 0.25) is 0 Å². The summed E-state index contributed by atoms with van der Waals surface area (Å²) in [5.41, 5.74) is 1.86. The maximum atomic E-state index is 13.3. The Morgan fingerprint density at radius 2 is 2.07 bits per heavy atom. The number of ether oxygens (including phenoxy) is 1. The fourth-order valence-electron chi connectivity index (χ4n) is 2.49. The van der Waals surface area contributed by atoms with Gasteiger partial charge in [-0.05, 0) is 36.6 Å². The molecule has 0 aliphatic heterocycles. The molecule has 0 saturated carbocycles. The van der Waals surface area contributed by atoms with Crippen molar-refractivity contribution in [1.82, 2.24) is 15.6 Å². The topological polar surface area (TPSA) is 80.3 Å². The molecule has 0 fully saturated rings. The molecule has 0 unspecified atom stereocenters. The summed E-state index contributed by atoms with van der Waals surface area (Å²) in [5.74, 6) is -1.14. The highest BCUT2D eigenvalue weighted by Crippen LogP contribution is 2.20. The number of rotatable bonds is 11. The smallest absolute Gasteiger partial charge is 0.273 e. The molecule has 8 heteroatoms. The number of aromatic nitrogens is 1. The Morgan fingerprint density at radius 1 is 1.27 bits per heavy atom. The van der Waals surface area contributed by atoms with Crippen molar-refractivity contribution in [3.05, 3.63) is 70.9 Å². The number of unbranched alkanes of at least 4 members (excludes halogenated alkanes) is 1. The molecule has 0 atom stereocenters. The fourth-order valence-corrected chi connectivity index (χ4v) is 2.61. The Hall–Kier alpha value is -2.93. The van der Waals surface area contributed by atoms with E-state index in [0.717, 1.165) is 30.9 Å². The van der Waals surface area contributed by atoms with Gasteiger partial charge in [0.05, 0.1) is 5.02 Å². The van der Waals surface area contributed by atoms with Crippen LogP contribution in [0.1, 0.15) is 42.2 Å². The molecule has 2 aromatic rings. The zero-order valence-corrected chi connectivity index (χ0v) is 17.6. The van der Waals surface area contributed by atoms with Crippen molar-refractivity contribution in [2.75, 3.05) is 13.2 Å². The zero-order chi connectivity index (χ0) is 21.9. The maximum absolute atomic E-state index is 13.3. The van der Waals surface area contributed by atoms with Crippen LogP contribution in [-0.2, 0) is 11.2 Å². The third-order valence-electron chi connectivity index (χ3n) is 4.18. The van der Waals surface area contributed by atoms with Gasteiger partial charge in [0, 0.05) is 30.9 Å². The second kappa shape index (κ2) is 11.9. The van der Waals surface area contributed by atoms with Crippen LogP contribution >= 0.6 is 11.6 Å². The van der Waals surface area contributed by atoms with Gasteiger partial charge in [-0.3, -0.25) is 14.6 Å².